The predicted molar refractivity (Wildman–Crippen MR) is 91.0 cm³/mol. The molecule has 0 saturated carbocycles. The number of guanidine groups is 1. The normalized spacial score (nSPS) is 11.2. The molecule has 0 saturated heterocycles. The fourth-order valence-electron chi connectivity index (χ4n) is 1.61. The van der Waals surface area contributed by atoms with E-state index in [0.717, 1.165) is 11.3 Å². The lowest BCUT2D eigenvalue weighted by atomic mass is 10.2. The summed E-state index contributed by atoms with van der Waals surface area (Å²) in [5.74, 6) is 1.68. The molecular formula is C14H19IN4O. The summed E-state index contributed by atoms with van der Waals surface area (Å²) >= 11 is 0. The number of nitrogens with zero attached hydrogens (tertiary/aromatic N) is 2. The number of nitrogens with one attached hydrogen (secondary N) is 1. The number of benzene rings is 1. The maximum atomic E-state index is 5.71. The molecule has 6 heteroatoms. The Morgan fingerprint density at radius 1 is 1.35 bits per heavy atom. The third-order valence-corrected chi connectivity index (χ3v) is 2.43. The van der Waals surface area contributed by atoms with Gasteiger partial charge in [-0.15, -0.1) is 24.0 Å². The van der Waals surface area contributed by atoms with Gasteiger partial charge in [-0.3, -0.25) is 0 Å². The first kappa shape index (κ1) is 16.5. The number of nitrogens with two attached hydrogens (primary N) is 1. The molecule has 0 radical (unpaired) electrons. The van der Waals surface area contributed by atoms with E-state index in [9.17, 15) is 0 Å². The number of oxazole rings is 1. The molecule has 1 aromatic heterocycles. The highest BCUT2D eigenvalue weighted by Crippen LogP contribution is 2.19. The highest BCUT2D eigenvalue weighted by Gasteiger charge is 2.05. The average molecular weight is 386 g/mol. The molecule has 0 unspecified atom stereocenters. The van der Waals surface area contributed by atoms with Gasteiger partial charge in [0.2, 0.25) is 5.89 Å². The van der Waals surface area contributed by atoms with Crippen molar-refractivity contribution in [2.75, 3.05) is 0 Å². The van der Waals surface area contributed by atoms with Crippen LogP contribution in [0.1, 0.15) is 19.7 Å². The van der Waals surface area contributed by atoms with E-state index < -0.39 is 0 Å². The van der Waals surface area contributed by atoms with Gasteiger partial charge in [0, 0.05) is 11.6 Å². The molecule has 0 amide bonds. The number of aromatic nitrogens is 1. The smallest absolute Gasteiger partial charge is 0.216 e. The number of hydrogen-bond acceptors (Lipinski definition) is 3. The van der Waals surface area contributed by atoms with Gasteiger partial charge in [-0.05, 0) is 13.8 Å². The molecule has 0 bridgehead atoms. The predicted octanol–water partition coefficient (Wildman–Crippen LogP) is 2.77. The molecule has 0 fully saturated rings. The summed E-state index contributed by atoms with van der Waals surface area (Å²) in [7, 11) is 0. The largest absolute Gasteiger partial charge is 0.439 e. The molecule has 3 N–H and O–H groups in total. The van der Waals surface area contributed by atoms with E-state index in [1.807, 2.05) is 44.2 Å². The van der Waals surface area contributed by atoms with Gasteiger partial charge in [0.25, 0.3) is 0 Å². The lowest BCUT2D eigenvalue weighted by Gasteiger charge is -2.07. The van der Waals surface area contributed by atoms with Gasteiger partial charge in [-0.2, -0.15) is 0 Å². The first-order chi connectivity index (χ1) is 9.15. The van der Waals surface area contributed by atoms with Crippen molar-refractivity contribution in [1.82, 2.24) is 10.3 Å². The molecule has 1 heterocycles. The summed E-state index contributed by atoms with van der Waals surface area (Å²) in [6.45, 7) is 4.33. The van der Waals surface area contributed by atoms with Crippen molar-refractivity contribution < 1.29 is 4.42 Å². The maximum Gasteiger partial charge on any atom is 0.216 e. The van der Waals surface area contributed by atoms with Gasteiger partial charge >= 0.3 is 0 Å². The van der Waals surface area contributed by atoms with Crippen molar-refractivity contribution in [2.24, 2.45) is 10.7 Å². The van der Waals surface area contributed by atoms with Crippen molar-refractivity contribution in [1.29, 1.82) is 0 Å². The second-order valence-corrected chi connectivity index (χ2v) is 4.48. The van der Waals surface area contributed by atoms with E-state index in [0.29, 0.717) is 18.4 Å². The topological polar surface area (TPSA) is 76.4 Å². The molecule has 5 nitrogen and oxygen atoms in total. The Labute approximate surface area is 135 Å². The van der Waals surface area contributed by atoms with Crippen molar-refractivity contribution in [2.45, 2.75) is 26.4 Å². The molecule has 0 aliphatic carbocycles. The van der Waals surface area contributed by atoms with E-state index in [1.165, 1.54) is 0 Å². The van der Waals surface area contributed by atoms with Crippen LogP contribution in [0.4, 0.5) is 0 Å². The van der Waals surface area contributed by atoms with Crippen molar-refractivity contribution in [3.63, 3.8) is 0 Å². The summed E-state index contributed by atoms with van der Waals surface area (Å²) in [5.41, 5.74) is 6.71. The highest BCUT2D eigenvalue weighted by molar-refractivity contribution is 14.0. The minimum Gasteiger partial charge on any atom is -0.439 e. The summed E-state index contributed by atoms with van der Waals surface area (Å²) in [6.07, 6.45) is 1.70. The molecule has 108 valence electrons. The monoisotopic (exact) mass is 386 g/mol. The molecule has 0 atom stereocenters. The molecule has 1 aromatic carbocycles. The number of halogens is 1. The maximum absolute atomic E-state index is 5.71. The van der Waals surface area contributed by atoms with Crippen LogP contribution in [0, 0.1) is 0 Å². The average Bonchev–Trinajstić information content (AvgIpc) is 2.85. The van der Waals surface area contributed by atoms with E-state index in [4.69, 9.17) is 10.2 Å². The molecular weight excluding hydrogens is 367 g/mol. The van der Waals surface area contributed by atoms with Crippen LogP contribution in [0.3, 0.4) is 0 Å². The standard InChI is InChI=1S/C14H18N4O.HI/c1-10(2)18-14(15)17-9-13-16-8-12(19-13)11-6-4-3-5-7-11;/h3-8,10H,9H2,1-2H3,(H3,15,17,18);1H. The van der Waals surface area contributed by atoms with Gasteiger partial charge in [0.05, 0.1) is 6.20 Å². The highest BCUT2D eigenvalue weighted by atomic mass is 127. The number of aliphatic imine (C=N–C) groups is 1. The lowest BCUT2D eigenvalue weighted by Crippen LogP contribution is -2.36. The Morgan fingerprint density at radius 2 is 2.05 bits per heavy atom. The van der Waals surface area contributed by atoms with Crippen LogP contribution in [0.25, 0.3) is 11.3 Å². The van der Waals surface area contributed by atoms with E-state index in [1.54, 1.807) is 6.20 Å². The Balaban J connectivity index is 0.00000200. The van der Waals surface area contributed by atoms with Crippen LogP contribution >= 0.6 is 24.0 Å². The van der Waals surface area contributed by atoms with Gasteiger partial charge < -0.3 is 15.5 Å². The van der Waals surface area contributed by atoms with Crippen LogP contribution in [-0.4, -0.2) is 17.0 Å². The van der Waals surface area contributed by atoms with E-state index >= 15 is 0 Å². The zero-order valence-electron chi connectivity index (χ0n) is 11.5. The van der Waals surface area contributed by atoms with Crippen LogP contribution in [-0.2, 0) is 6.54 Å². The third-order valence-electron chi connectivity index (χ3n) is 2.43. The Bertz CT molecular complexity index is 551. The van der Waals surface area contributed by atoms with Crippen LogP contribution in [0.15, 0.2) is 45.9 Å². The summed E-state index contributed by atoms with van der Waals surface area (Å²) < 4.78 is 5.62. The fraction of sp³-hybridized carbons (Fsp3) is 0.286. The van der Waals surface area contributed by atoms with Gasteiger partial charge in [-0.1, -0.05) is 30.3 Å². The second kappa shape index (κ2) is 7.88. The Kier molecular flexibility index (Phi) is 6.50. The van der Waals surface area contributed by atoms with Crippen molar-refractivity contribution in [3.05, 3.63) is 42.4 Å². The zero-order chi connectivity index (χ0) is 13.7. The van der Waals surface area contributed by atoms with Crippen molar-refractivity contribution in [3.8, 4) is 11.3 Å². The second-order valence-electron chi connectivity index (χ2n) is 4.48. The van der Waals surface area contributed by atoms with Crippen LogP contribution in [0.5, 0.6) is 0 Å². The minimum atomic E-state index is 0. The molecule has 20 heavy (non-hydrogen) atoms. The third kappa shape index (κ3) is 4.84. The van der Waals surface area contributed by atoms with Gasteiger partial charge in [0.15, 0.2) is 11.7 Å². The molecule has 0 aliphatic heterocycles. The van der Waals surface area contributed by atoms with Gasteiger partial charge in [0.1, 0.15) is 6.54 Å². The molecule has 0 spiro atoms. The molecule has 2 aromatic rings. The van der Waals surface area contributed by atoms with E-state index in [-0.39, 0.29) is 30.0 Å². The van der Waals surface area contributed by atoms with Crippen molar-refractivity contribution >= 4 is 29.9 Å². The first-order valence-corrected chi connectivity index (χ1v) is 6.21. The number of rotatable bonds is 4. The van der Waals surface area contributed by atoms with Gasteiger partial charge in [-0.25, -0.2) is 9.98 Å². The SMILES string of the molecule is CC(C)NC(N)=NCc1ncc(-c2ccccc2)o1.I. The summed E-state index contributed by atoms with van der Waals surface area (Å²) in [4.78, 5) is 8.36. The van der Waals surface area contributed by atoms with E-state index in [2.05, 4.69) is 15.3 Å². The zero-order valence-corrected chi connectivity index (χ0v) is 13.9. The minimum absolute atomic E-state index is 0. The lowest BCUT2D eigenvalue weighted by molar-refractivity contribution is 0.509. The quantitative estimate of drug-likeness (QED) is 0.481. The van der Waals surface area contributed by atoms with Crippen LogP contribution in [0.2, 0.25) is 0 Å². The summed E-state index contributed by atoms with van der Waals surface area (Å²) in [5, 5.41) is 3.01. The first-order valence-electron chi connectivity index (χ1n) is 6.21. The summed E-state index contributed by atoms with van der Waals surface area (Å²) in [6, 6.07) is 10.1. The van der Waals surface area contributed by atoms with Crippen LogP contribution < -0.4 is 11.1 Å². The fourth-order valence-corrected chi connectivity index (χ4v) is 1.61. The Morgan fingerprint density at radius 3 is 2.70 bits per heavy atom. The Hall–Kier alpha value is -1.57. The molecule has 2 rings (SSSR count). The molecule has 0 aliphatic rings. The number of hydrogen-bond donors (Lipinski definition) is 2.